The number of aliphatic hydroxyl groups is 1. The summed E-state index contributed by atoms with van der Waals surface area (Å²) in [5, 5.41) is 18.3. The molecule has 1 aliphatic carbocycles. The van der Waals surface area contributed by atoms with Gasteiger partial charge >= 0.3 is 5.97 Å². The number of carboxylic acids is 1. The van der Waals surface area contributed by atoms with Crippen LogP contribution in [-0.2, 0) is 9.59 Å². The Labute approximate surface area is 120 Å². The van der Waals surface area contributed by atoms with Gasteiger partial charge in [-0.05, 0) is 38.7 Å². The van der Waals surface area contributed by atoms with E-state index in [1.54, 1.807) is 0 Å². The number of hydrogen-bond donors (Lipinski definition) is 2. The molecule has 0 aromatic heterocycles. The van der Waals surface area contributed by atoms with Crippen molar-refractivity contribution in [1.82, 2.24) is 0 Å². The molecular weight excluding hydrogens is 256 g/mol. The zero-order valence-corrected chi connectivity index (χ0v) is 12.5. The topological polar surface area (TPSA) is 74.6 Å². The van der Waals surface area contributed by atoms with Crippen LogP contribution in [0.15, 0.2) is 22.8 Å². The molecule has 0 spiro atoms. The minimum Gasteiger partial charge on any atom is -0.481 e. The molecule has 1 atom stereocenters. The maximum Gasteiger partial charge on any atom is 0.303 e. The van der Waals surface area contributed by atoms with Crippen molar-refractivity contribution in [3.05, 3.63) is 22.8 Å². The zero-order valence-electron chi connectivity index (χ0n) is 12.5. The molecule has 20 heavy (non-hydrogen) atoms. The summed E-state index contributed by atoms with van der Waals surface area (Å²) in [5.74, 6) is -0.649. The predicted molar refractivity (Wildman–Crippen MR) is 77.4 cm³/mol. The lowest BCUT2D eigenvalue weighted by atomic mass is 9.70. The van der Waals surface area contributed by atoms with Crippen LogP contribution in [-0.4, -0.2) is 28.6 Å². The summed E-state index contributed by atoms with van der Waals surface area (Å²) in [6, 6.07) is 0. The number of ketones is 1. The predicted octanol–water partition coefficient (Wildman–Crippen LogP) is 2.87. The van der Waals surface area contributed by atoms with Crippen molar-refractivity contribution in [1.29, 1.82) is 0 Å². The third-order valence-electron chi connectivity index (χ3n) is 4.24. The van der Waals surface area contributed by atoms with Crippen molar-refractivity contribution in [3.63, 3.8) is 0 Å². The van der Waals surface area contributed by atoms with Crippen LogP contribution < -0.4 is 0 Å². The molecule has 0 heterocycles. The summed E-state index contributed by atoms with van der Waals surface area (Å²) < 4.78 is 0. The summed E-state index contributed by atoms with van der Waals surface area (Å²) in [4.78, 5) is 22.4. The molecule has 2 N–H and O–H groups in total. The number of carboxylic acid groups (broad SMARTS) is 1. The molecular formula is C16H24O4. The fraction of sp³-hybridized carbons (Fsp3) is 0.625. The fourth-order valence-electron chi connectivity index (χ4n) is 2.61. The number of aliphatic hydroxyl groups excluding tert-OH is 1. The molecule has 0 aromatic rings. The van der Waals surface area contributed by atoms with Crippen molar-refractivity contribution in [3.8, 4) is 0 Å². The normalized spacial score (nSPS) is 24.2. The second kappa shape index (κ2) is 6.84. The van der Waals surface area contributed by atoms with Crippen LogP contribution in [0.4, 0.5) is 0 Å². The Morgan fingerprint density at radius 3 is 2.60 bits per heavy atom. The van der Waals surface area contributed by atoms with Gasteiger partial charge in [-0.2, -0.15) is 0 Å². The summed E-state index contributed by atoms with van der Waals surface area (Å²) in [6.45, 7) is 5.75. The van der Waals surface area contributed by atoms with Gasteiger partial charge in [-0.1, -0.05) is 24.1 Å². The van der Waals surface area contributed by atoms with E-state index in [0.717, 1.165) is 16.7 Å². The molecule has 4 heteroatoms. The van der Waals surface area contributed by atoms with Crippen LogP contribution in [0.2, 0.25) is 0 Å². The van der Waals surface area contributed by atoms with E-state index in [0.29, 0.717) is 25.7 Å². The molecule has 1 aliphatic rings. The monoisotopic (exact) mass is 280 g/mol. The van der Waals surface area contributed by atoms with Gasteiger partial charge in [0.2, 0.25) is 0 Å². The highest BCUT2D eigenvalue weighted by atomic mass is 16.4. The lowest BCUT2D eigenvalue weighted by Crippen LogP contribution is -2.31. The molecule has 0 amide bonds. The van der Waals surface area contributed by atoms with Gasteiger partial charge in [0.05, 0.1) is 6.61 Å². The van der Waals surface area contributed by atoms with Crippen LogP contribution >= 0.6 is 0 Å². The third-order valence-corrected chi connectivity index (χ3v) is 4.24. The number of carbonyl (C=O) groups excluding carboxylic acids is 1. The Morgan fingerprint density at radius 1 is 1.40 bits per heavy atom. The number of hydrogen-bond acceptors (Lipinski definition) is 3. The molecule has 0 saturated heterocycles. The molecule has 0 bridgehead atoms. The van der Waals surface area contributed by atoms with Gasteiger partial charge in [-0.25, -0.2) is 0 Å². The lowest BCUT2D eigenvalue weighted by molar-refractivity contribution is -0.137. The lowest BCUT2D eigenvalue weighted by Gasteiger charge is -2.35. The molecule has 0 radical (unpaired) electrons. The first-order valence-electron chi connectivity index (χ1n) is 7.02. The first kappa shape index (κ1) is 16.6. The average molecular weight is 280 g/mol. The van der Waals surface area contributed by atoms with Crippen LogP contribution in [0.1, 0.15) is 52.9 Å². The molecule has 0 aromatic carbocycles. The first-order valence-corrected chi connectivity index (χ1v) is 7.02. The molecule has 0 fully saturated rings. The van der Waals surface area contributed by atoms with Crippen LogP contribution in [0.3, 0.4) is 0 Å². The number of carbonyl (C=O) groups is 2. The van der Waals surface area contributed by atoms with E-state index in [1.165, 1.54) is 0 Å². The van der Waals surface area contributed by atoms with Gasteiger partial charge < -0.3 is 10.2 Å². The van der Waals surface area contributed by atoms with E-state index < -0.39 is 5.97 Å². The third kappa shape index (κ3) is 4.04. The Hall–Kier alpha value is -1.42. The van der Waals surface area contributed by atoms with Gasteiger partial charge in [-0.15, -0.1) is 0 Å². The van der Waals surface area contributed by atoms with Crippen molar-refractivity contribution in [2.45, 2.75) is 52.9 Å². The van der Waals surface area contributed by atoms with E-state index >= 15 is 0 Å². The van der Waals surface area contributed by atoms with Gasteiger partial charge in [-0.3, -0.25) is 9.59 Å². The number of Topliss-reactive ketones (excluding diaryl/α,β-unsaturated/α-hetero) is 1. The van der Waals surface area contributed by atoms with E-state index in [2.05, 4.69) is 0 Å². The minimum absolute atomic E-state index is 0.0367. The number of aliphatic carboxylic acids is 1. The van der Waals surface area contributed by atoms with Crippen molar-refractivity contribution >= 4 is 11.8 Å². The molecule has 0 aliphatic heterocycles. The highest BCUT2D eigenvalue weighted by molar-refractivity contribution is 5.96. The van der Waals surface area contributed by atoms with Crippen molar-refractivity contribution in [2.75, 3.05) is 6.61 Å². The summed E-state index contributed by atoms with van der Waals surface area (Å²) in [5.41, 5.74) is 2.42. The second-order valence-corrected chi connectivity index (χ2v) is 5.89. The van der Waals surface area contributed by atoms with E-state index in [4.69, 9.17) is 5.11 Å². The molecule has 4 nitrogen and oxygen atoms in total. The smallest absolute Gasteiger partial charge is 0.303 e. The summed E-state index contributed by atoms with van der Waals surface area (Å²) in [7, 11) is 0. The maximum absolute atomic E-state index is 11.8. The van der Waals surface area contributed by atoms with Crippen LogP contribution in [0, 0.1) is 5.41 Å². The van der Waals surface area contributed by atoms with Crippen LogP contribution in [0.25, 0.3) is 0 Å². The Kier molecular flexibility index (Phi) is 5.69. The van der Waals surface area contributed by atoms with E-state index in [-0.39, 0.29) is 24.2 Å². The highest BCUT2D eigenvalue weighted by Crippen LogP contribution is 2.40. The molecule has 1 rings (SSSR count). The first-order chi connectivity index (χ1) is 9.30. The largest absolute Gasteiger partial charge is 0.481 e. The summed E-state index contributed by atoms with van der Waals surface area (Å²) >= 11 is 0. The molecule has 0 unspecified atom stereocenters. The van der Waals surface area contributed by atoms with Gasteiger partial charge in [0, 0.05) is 18.3 Å². The highest BCUT2D eigenvalue weighted by Gasteiger charge is 2.34. The summed E-state index contributed by atoms with van der Waals surface area (Å²) in [6.07, 6.45) is 4.40. The SMILES string of the molecule is CC1=C(C/C=C(\C)CCC(=O)O)[C@@](C)(CO)CCC1=O. The van der Waals surface area contributed by atoms with Gasteiger partial charge in [0.15, 0.2) is 5.78 Å². The maximum atomic E-state index is 11.8. The molecule has 112 valence electrons. The fourth-order valence-corrected chi connectivity index (χ4v) is 2.61. The zero-order chi connectivity index (χ0) is 15.3. The quantitative estimate of drug-likeness (QED) is 0.734. The van der Waals surface area contributed by atoms with Gasteiger partial charge in [0.25, 0.3) is 0 Å². The second-order valence-electron chi connectivity index (χ2n) is 5.89. The average Bonchev–Trinajstić information content (AvgIpc) is 2.41. The Balaban J connectivity index is 2.86. The minimum atomic E-state index is -0.804. The van der Waals surface area contributed by atoms with Crippen LogP contribution in [0.5, 0.6) is 0 Å². The standard InChI is InChI=1S/C16H24O4/c1-11(5-7-15(19)20)4-6-13-12(2)14(18)8-9-16(13,3)10-17/h4,17H,5-10H2,1-3H3,(H,19,20)/b11-4+/t16-/m1/s1. The number of allylic oxidation sites excluding steroid dienone is 3. The van der Waals surface area contributed by atoms with Crippen molar-refractivity contribution in [2.24, 2.45) is 5.41 Å². The molecule has 0 saturated carbocycles. The van der Waals surface area contributed by atoms with Crippen molar-refractivity contribution < 1.29 is 19.8 Å². The number of rotatable bonds is 6. The van der Waals surface area contributed by atoms with Gasteiger partial charge in [0.1, 0.15) is 0 Å². The Morgan fingerprint density at radius 2 is 2.05 bits per heavy atom. The van der Waals surface area contributed by atoms with E-state index in [1.807, 2.05) is 26.8 Å². The van der Waals surface area contributed by atoms with E-state index in [9.17, 15) is 14.7 Å². The Bertz CT molecular complexity index is 459.